The number of fused-ring (bicyclic) bond motifs is 1. The van der Waals surface area contributed by atoms with E-state index in [-0.39, 0.29) is 16.8 Å². The largest absolute Gasteiger partial charge is 0.308 e. The van der Waals surface area contributed by atoms with Crippen molar-refractivity contribution in [2.45, 2.75) is 36.5 Å². The van der Waals surface area contributed by atoms with Crippen molar-refractivity contribution in [3.05, 3.63) is 59.7 Å². The molecule has 120 valence electrons. The summed E-state index contributed by atoms with van der Waals surface area (Å²) in [4.78, 5) is 14.7. The van der Waals surface area contributed by atoms with Gasteiger partial charge in [-0.2, -0.15) is 0 Å². The smallest absolute Gasteiger partial charge is 0.240 e. The lowest BCUT2D eigenvalue weighted by atomic mass is 10.1. The number of rotatable bonds is 3. The summed E-state index contributed by atoms with van der Waals surface area (Å²) in [5, 5.41) is -0.500. The highest BCUT2D eigenvalue weighted by Crippen LogP contribution is 2.35. The van der Waals surface area contributed by atoms with Gasteiger partial charge in [0.1, 0.15) is 11.6 Å². The lowest BCUT2D eigenvalue weighted by molar-refractivity contribution is -0.118. The van der Waals surface area contributed by atoms with E-state index in [9.17, 15) is 13.6 Å². The molecule has 1 aliphatic heterocycles. The Morgan fingerprint density at radius 1 is 1.26 bits per heavy atom. The van der Waals surface area contributed by atoms with E-state index in [0.717, 1.165) is 47.6 Å². The minimum Gasteiger partial charge on any atom is -0.308 e. The lowest BCUT2D eigenvalue weighted by Crippen LogP contribution is -2.40. The lowest BCUT2D eigenvalue weighted by Gasteiger charge is -2.26. The number of benzene rings is 2. The van der Waals surface area contributed by atoms with Crippen molar-refractivity contribution in [1.82, 2.24) is 0 Å². The SMILES string of the molecule is C[C@@H]1Cc2ccccc2N1C(=O)[C@@H](C)Sc1cc(F)ccc1F. The van der Waals surface area contributed by atoms with Crippen LogP contribution in [0.15, 0.2) is 47.4 Å². The Bertz CT molecular complexity index is 750. The average Bonchev–Trinajstić information content (AvgIpc) is 2.86. The predicted octanol–water partition coefficient (Wildman–Crippen LogP) is 4.42. The van der Waals surface area contributed by atoms with Crippen LogP contribution >= 0.6 is 11.8 Å². The summed E-state index contributed by atoms with van der Waals surface area (Å²) in [6.45, 7) is 3.73. The van der Waals surface area contributed by atoms with Gasteiger partial charge in [-0.1, -0.05) is 18.2 Å². The van der Waals surface area contributed by atoms with E-state index in [0.29, 0.717) is 0 Å². The molecule has 2 aromatic rings. The van der Waals surface area contributed by atoms with Crippen LogP contribution in [0.2, 0.25) is 0 Å². The summed E-state index contributed by atoms with van der Waals surface area (Å²) in [7, 11) is 0. The van der Waals surface area contributed by atoms with Crippen molar-refractivity contribution in [2.24, 2.45) is 0 Å². The number of nitrogens with zero attached hydrogens (tertiary/aromatic N) is 1. The van der Waals surface area contributed by atoms with E-state index < -0.39 is 16.9 Å². The zero-order valence-corrected chi connectivity index (χ0v) is 13.7. The van der Waals surface area contributed by atoms with E-state index in [2.05, 4.69) is 0 Å². The third kappa shape index (κ3) is 3.11. The van der Waals surface area contributed by atoms with Crippen LogP contribution in [0.1, 0.15) is 19.4 Å². The zero-order valence-electron chi connectivity index (χ0n) is 12.9. The summed E-state index contributed by atoms with van der Waals surface area (Å²) in [5.41, 5.74) is 2.06. The minimum absolute atomic E-state index is 0.0697. The van der Waals surface area contributed by atoms with Crippen LogP contribution in [-0.2, 0) is 11.2 Å². The minimum atomic E-state index is -0.508. The summed E-state index contributed by atoms with van der Waals surface area (Å²) < 4.78 is 27.1. The van der Waals surface area contributed by atoms with E-state index in [1.54, 1.807) is 11.8 Å². The molecule has 1 heterocycles. The van der Waals surface area contributed by atoms with Crippen molar-refractivity contribution in [1.29, 1.82) is 0 Å². The van der Waals surface area contributed by atoms with Crippen LogP contribution in [0.25, 0.3) is 0 Å². The third-order valence-corrected chi connectivity index (χ3v) is 5.11. The number of halogens is 2. The molecule has 3 rings (SSSR count). The van der Waals surface area contributed by atoms with Crippen LogP contribution in [0.5, 0.6) is 0 Å². The maximum atomic E-state index is 13.8. The highest BCUT2D eigenvalue weighted by molar-refractivity contribution is 8.00. The fourth-order valence-electron chi connectivity index (χ4n) is 2.91. The van der Waals surface area contributed by atoms with Gasteiger partial charge in [-0.25, -0.2) is 8.78 Å². The van der Waals surface area contributed by atoms with Gasteiger partial charge in [0.2, 0.25) is 5.91 Å². The monoisotopic (exact) mass is 333 g/mol. The van der Waals surface area contributed by atoms with Crippen molar-refractivity contribution in [3.8, 4) is 0 Å². The Labute approximate surface area is 138 Å². The molecule has 2 nitrogen and oxygen atoms in total. The molecule has 1 aliphatic rings. The Morgan fingerprint density at radius 3 is 2.78 bits per heavy atom. The maximum absolute atomic E-state index is 13.8. The molecular weight excluding hydrogens is 316 g/mol. The Morgan fingerprint density at radius 2 is 2.00 bits per heavy atom. The molecule has 0 spiro atoms. The molecule has 5 heteroatoms. The van der Waals surface area contributed by atoms with Gasteiger partial charge < -0.3 is 4.90 Å². The summed E-state index contributed by atoms with van der Waals surface area (Å²) in [6, 6.07) is 11.2. The van der Waals surface area contributed by atoms with Crippen LogP contribution in [0, 0.1) is 11.6 Å². The highest BCUT2D eigenvalue weighted by atomic mass is 32.2. The summed E-state index contributed by atoms with van der Waals surface area (Å²) >= 11 is 1.05. The molecule has 2 atom stereocenters. The number of hydrogen-bond donors (Lipinski definition) is 0. The predicted molar refractivity (Wildman–Crippen MR) is 88.8 cm³/mol. The number of thioether (sulfide) groups is 1. The highest BCUT2D eigenvalue weighted by Gasteiger charge is 2.33. The fourth-order valence-corrected chi connectivity index (χ4v) is 3.86. The Hall–Kier alpha value is -1.88. The molecule has 0 N–H and O–H groups in total. The van der Waals surface area contributed by atoms with Gasteiger partial charge in [0.15, 0.2) is 0 Å². The maximum Gasteiger partial charge on any atom is 0.240 e. The molecule has 0 saturated heterocycles. The molecular formula is C18H17F2NOS. The number of para-hydroxylation sites is 1. The van der Waals surface area contributed by atoms with Crippen LogP contribution in [0.4, 0.5) is 14.5 Å². The van der Waals surface area contributed by atoms with Gasteiger partial charge in [-0.05, 0) is 50.1 Å². The first-order valence-electron chi connectivity index (χ1n) is 7.50. The van der Waals surface area contributed by atoms with Gasteiger partial charge >= 0.3 is 0 Å². The first-order chi connectivity index (χ1) is 11.0. The number of anilines is 1. The standard InChI is InChI=1S/C18H17F2NOS/c1-11-9-13-5-3-4-6-16(13)21(11)18(22)12(2)23-17-10-14(19)7-8-15(17)20/h3-8,10-12H,9H2,1-2H3/t11-,12-/m1/s1. The second kappa shape index (κ2) is 6.32. The number of carbonyl (C=O) groups excluding carboxylic acids is 1. The Balaban J connectivity index is 1.81. The van der Waals surface area contributed by atoms with Crippen molar-refractivity contribution >= 4 is 23.4 Å². The summed E-state index contributed by atoms with van der Waals surface area (Å²) in [6.07, 6.45) is 0.813. The molecule has 0 radical (unpaired) electrons. The first kappa shape index (κ1) is 16.0. The molecule has 0 fully saturated rings. The van der Waals surface area contributed by atoms with E-state index >= 15 is 0 Å². The number of amides is 1. The van der Waals surface area contributed by atoms with Crippen molar-refractivity contribution < 1.29 is 13.6 Å². The van der Waals surface area contributed by atoms with Gasteiger partial charge in [0.25, 0.3) is 0 Å². The van der Waals surface area contributed by atoms with Gasteiger partial charge in [0.05, 0.1) is 5.25 Å². The van der Waals surface area contributed by atoms with Gasteiger partial charge in [0, 0.05) is 16.6 Å². The van der Waals surface area contributed by atoms with Gasteiger partial charge in [-0.15, -0.1) is 11.8 Å². The molecule has 23 heavy (non-hydrogen) atoms. The molecule has 2 aromatic carbocycles. The molecule has 0 bridgehead atoms. The molecule has 1 amide bonds. The van der Waals surface area contributed by atoms with Gasteiger partial charge in [-0.3, -0.25) is 4.79 Å². The van der Waals surface area contributed by atoms with Crippen molar-refractivity contribution in [3.63, 3.8) is 0 Å². The number of hydrogen-bond acceptors (Lipinski definition) is 2. The molecule has 0 aliphatic carbocycles. The van der Waals surface area contributed by atoms with E-state index in [1.165, 1.54) is 0 Å². The topological polar surface area (TPSA) is 20.3 Å². The van der Waals surface area contributed by atoms with Crippen molar-refractivity contribution in [2.75, 3.05) is 4.90 Å². The third-order valence-electron chi connectivity index (χ3n) is 3.99. The van der Waals surface area contributed by atoms with E-state index in [4.69, 9.17) is 0 Å². The second-order valence-corrected chi connectivity index (χ2v) is 7.11. The van der Waals surface area contributed by atoms with Crippen LogP contribution < -0.4 is 4.90 Å². The molecule has 0 saturated carbocycles. The van der Waals surface area contributed by atoms with Crippen LogP contribution in [0.3, 0.4) is 0 Å². The zero-order chi connectivity index (χ0) is 16.6. The normalized spacial score (nSPS) is 17.9. The van der Waals surface area contributed by atoms with E-state index in [1.807, 2.05) is 31.2 Å². The number of carbonyl (C=O) groups is 1. The fraction of sp³-hybridized carbons (Fsp3) is 0.278. The van der Waals surface area contributed by atoms with Crippen LogP contribution in [-0.4, -0.2) is 17.2 Å². The quantitative estimate of drug-likeness (QED) is 0.775. The summed E-state index contributed by atoms with van der Waals surface area (Å²) in [5.74, 6) is -1.10. The second-order valence-electron chi connectivity index (χ2n) is 5.72. The molecule has 0 unspecified atom stereocenters. The average molecular weight is 333 g/mol. The Kier molecular flexibility index (Phi) is 4.39. The molecule has 0 aromatic heterocycles. The first-order valence-corrected chi connectivity index (χ1v) is 8.38.